The molecule has 3 rings (SSSR count). The first-order chi connectivity index (χ1) is 13.4. The Labute approximate surface area is 161 Å². The molecular weight excluding hydrogens is 362 g/mol. The highest BCUT2D eigenvalue weighted by atomic mass is 16.5. The van der Waals surface area contributed by atoms with Gasteiger partial charge in [-0.15, -0.1) is 0 Å². The molecule has 0 bridgehead atoms. The molecule has 0 aliphatic rings. The fourth-order valence-electron chi connectivity index (χ4n) is 2.44. The summed E-state index contributed by atoms with van der Waals surface area (Å²) >= 11 is 0. The number of carbonyl (C=O) groups excluding carboxylic acids is 1. The highest BCUT2D eigenvalue weighted by molar-refractivity contribution is 6.27. The van der Waals surface area contributed by atoms with Crippen LogP contribution in [0.5, 0.6) is 5.75 Å². The van der Waals surface area contributed by atoms with Gasteiger partial charge < -0.3 is 20.3 Å². The first-order valence-corrected chi connectivity index (χ1v) is 8.27. The van der Waals surface area contributed by atoms with Gasteiger partial charge in [-0.3, -0.25) is 4.79 Å². The van der Waals surface area contributed by atoms with Crippen molar-refractivity contribution in [3.63, 3.8) is 0 Å². The van der Waals surface area contributed by atoms with E-state index in [1.165, 1.54) is 0 Å². The van der Waals surface area contributed by atoms with E-state index in [1.807, 2.05) is 66.7 Å². The number of carbonyl (C=O) groups is 3. The zero-order valence-electron chi connectivity index (χ0n) is 15.1. The Morgan fingerprint density at radius 1 is 0.857 bits per heavy atom. The van der Waals surface area contributed by atoms with Gasteiger partial charge in [-0.05, 0) is 34.5 Å². The van der Waals surface area contributed by atoms with Gasteiger partial charge in [-0.25, -0.2) is 9.59 Å². The van der Waals surface area contributed by atoms with E-state index < -0.39 is 11.9 Å². The van der Waals surface area contributed by atoms with Crippen LogP contribution in [0.3, 0.4) is 0 Å². The molecule has 0 radical (unpaired) electrons. The Bertz CT molecular complexity index is 964. The van der Waals surface area contributed by atoms with Gasteiger partial charge in [-0.2, -0.15) is 0 Å². The van der Waals surface area contributed by atoms with Gasteiger partial charge in [0.15, 0.2) is 0 Å². The molecule has 7 heteroatoms. The number of carboxylic acid groups (broad SMARTS) is 2. The molecule has 0 heterocycles. The minimum absolute atomic E-state index is 0.0624. The van der Waals surface area contributed by atoms with Crippen LogP contribution in [-0.4, -0.2) is 35.2 Å². The number of fused-ring (bicyclic) bond motifs is 1. The van der Waals surface area contributed by atoms with Crippen molar-refractivity contribution in [1.29, 1.82) is 0 Å². The Hall–Kier alpha value is -3.87. The van der Waals surface area contributed by atoms with E-state index >= 15 is 0 Å². The topological polar surface area (TPSA) is 113 Å². The lowest BCUT2D eigenvalue weighted by atomic mass is 10.0. The van der Waals surface area contributed by atoms with Crippen LogP contribution in [0, 0.1) is 0 Å². The minimum Gasteiger partial charge on any atom is -0.497 e. The third-order valence-corrected chi connectivity index (χ3v) is 3.83. The predicted octanol–water partition coefficient (Wildman–Crippen LogP) is 2.93. The lowest BCUT2D eigenvalue weighted by Gasteiger charge is -2.08. The van der Waals surface area contributed by atoms with Crippen LogP contribution in [-0.2, 0) is 16.1 Å². The van der Waals surface area contributed by atoms with Crippen LogP contribution in [0.2, 0.25) is 0 Å². The maximum Gasteiger partial charge on any atom is 0.414 e. The van der Waals surface area contributed by atoms with E-state index in [-0.39, 0.29) is 5.91 Å². The number of nitrogens with one attached hydrogen (secondary N) is 1. The highest BCUT2D eigenvalue weighted by Gasteiger charge is 2.09. The molecule has 3 N–H and O–H groups in total. The first-order valence-electron chi connectivity index (χ1n) is 8.27. The van der Waals surface area contributed by atoms with Crippen LogP contribution in [0.4, 0.5) is 0 Å². The summed E-state index contributed by atoms with van der Waals surface area (Å²) in [5.74, 6) is -2.90. The molecular formula is C21H19NO6. The van der Waals surface area contributed by atoms with Crippen LogP contribution in [0.25, 0.3) is 10.8 Å². The lowest BCUT2D eigenvalue weighted by molar-refractivity contribution is -0.159. The van der Waals surface area contributed by atoms with Crippen molar-refractivity contribution in [2.75, 3.05) is 7.11 Å². The molecule has 144 valence electrons. The molecule has 0 atom stereocenters. The minimum atomic E-state index is -1.82. The van der Waals surface area contributed by atoms with E-state index in [2.05, 4.69) is 5.32 Å². The summed E-state index contributed by atoms with van der Waals surface area (Å²) in [4.78, 5) is 30.6. The van der Waals surface area contributed by atoms with Crippen molar-refractivity contribution < 1.29 is 29.3 Å². The zero-order valence-corrected chi connectivity index (χ0v) is 15.1. The third kappa shape index (κ3) is 5.57. The molecule has 0 saturated heterocycles. The smallest absolute Gasteiger partial charge is 0.414 e. The van der Waals surface area contributed by atoms with E-state index in [4.69, 9.17) is 24.5 Å². The lowest BCUT2D eigenvalue weighted by Crippen LogP contribution is -2.22. The second-order valence-electron chi connectivity index (χ2n) is 5.67. The van der Waals surface area contributed by atoms with Crippen LogP contribution in [0.15, 0.2) is 66.7 Å². The maximum absolute atomic E-state index is 12.4. The van der Waals surface area contributed by atoms with Crippen molar-refractivity contribution in [3.8, 4) is 5.75 Å². The van der Waals surface area contributed by atoms with Gasteiger partial charge in [0, 0.05) is 12.1 Å². The monoisotopic (exact) mass is 381 g/mol. The summed E-state index contributed by atoms with van der Waals surface area (Å²) in [5.41, 5.74) is 1.74. The number of amides is 1. The van der Waals surface area contributed by atoms with Crippen molar-refractivity contribution in [2.45, 2.75) is 6.54 Å². The second kappa shape index (κ2) is 9.72. The predicted molar refractivity (Wildman–Crippen MR) is 103 cm³/mol. The molecule has 0 unspecified atom stereocenters. The fraction of sp³-hybridized carbons (Fsp3) is 0.0952. The fourth-order valence-corrected chi connectivity index (χ4v) is 2.44. The van der Waals surface area contributed by atoms with E-state index in [0.29, 0.717) is 12.1 Å². The molecule has 1 amide bonds. The van der Waals surface area contributed by atoms with Crippen LogP contribution in [0.1, 0.15) is 15.9 Å². The SMILES string of the molecule is COc1ccc(CNC(=O)c2cccc3ccccc23)cc1.O=C(O)C(=O)O. The summed E-state index contributed by atoms with van der Waals surface area (Å²) in [6.07, 6.45) is 0. The number of benzene rings is 3. The third-order valence-electron chi connectivity index (χ3n) is 3.83. The Kier molecular flexibility index (Phi) is 7.10. The molecule has 0 aliphatic heterocycles. The molecule has 0 saturated carbocycles. The summed E-state index contributed by atoms with van der Waals surface area (Å²) in [6.45, 7) is 0.492. The summed E-state index contributed by atoms with van der Waals surface area (Å²) in [5, 5.41) is 19.8. The van der Waals surface area contributed by atoms with Crippen molar-refractivity contribution >= 4 is 28.6 Å². The summed E-state index contributed by atoms with van der Waals surface area (Å²) < 4.78 is 5.12. The van der Waals surface area contributed by atoms with Gasteiger partial charge in [0.2, 0.25) is 0 Å². The molecule has 7 nitrogen and oxygen atoms in total. The molecule has 0 aliphatic carbocycles. The van der Waals surface area contributed by atoms with Gasteiger partial charge in [0.1, 0.15) is 5.75 Å². The summed E-state index contributed by atoms with van der Waals surface area (Å²) in [6, 6.07) is 21.3. The van der Waals surface area contributed by atoms with Crippen molar-refractivity contribution in [2.24, 2.45) is 0 Å². The quantitative estimate of drug-likeness (QED) is 0.599. The maximum atomic E-state index is 12.4. The Morgan fingerprint density at radius 3 is 2.07 bits per heavy atom. The largest absolute Gasteiger partial charge is 0.497 e. The van der Waals surface area contributed by atoms with E-state index in [1.54, 1.807) is 7.11 Å². The number of hydrogen-bond acceptors (Lipinski definition) is 4. The van der Waals surface area contributed by atoms with Crippen molar-refractivity contribution in [1.82, 2.24) is 5.32 Å². The van der Waals surface area contributed by atoms with E-state index in [9.17, 15) is 4.79 Å². The average Bonchev–Trinajstić information content (AvgIpc) is 2.72. The standard InChI is InChI=1S/C19H17NO2.C2H2O4/c1-22-16-11-9-14(10-12-16)13-20-19(21)18-8-4-6-15-5-2-3-7-17(15)18;3-1(4)2(5)6/h2-12H,13H2,1H3,(H,20,21);(H,3,4)(H,5,6). The Balaban J connectivity index is 0.000000409. The highest BCUT2D eigenvalue weighted by Crippen LogP contribution is 2.18. The zero-order chi connectivity index (χ0) is 20.5. The molecule has 28 heavy (non-hydrogen) atoms. The number of rotatable bonds is 4. The number of hydrogen-bond donors (Lipinski definition) is 3. The number of methoxy groups -OCH3 is 1. The van der Waals surface area contributed by atoms with E-state index in [0.717, 1.165) is 22.1 Å². The first kappa shape index (κ1) is 20.4. The second-order valence-corrected chi connectivity index (χ2v) is 5.67. The van der Waals surface area contributed by atoms with Gasteiger partial charge in [0.05, 0.1) is 7.11 Å². The van der Waals surface area contributed by atoms with Gasteiger partial charge in [-0.1, -0.05) is 48.5 Å². The molecule has 0 fully saturated rings. The number of aliphatic carboxylic acids is 2. The normalized spacial score (nSPS) is 9.75. The van der Waals surface area contributed by atoms with Gasteiger partial charge in [0.25, 0.3) is 5.91 Å². The number of ether oxygens (including phenoxy) is 1. The van der Waals surface area contributed by atoms with Crippen LogP contribution < -0.4 is 10.1 Å². The molecule has 3 aromatic carbocycles. The molecule has 0 spiro atoms. The Morgan fingerprint density at radius 2 is 1.46 bits per heavy atom. The number of carboxylic acids is 2. The average molecular weight is 381 g/mol. The molecule has 3 aromatic rings. The van der Waals surface area contributed by atoms with Crippen LogP contribution >= 0.6 is 0 Å². The van der Waals surface area contributed by atoms with Gasteiger partial charge >= 0.3 is 11.9 Å². The van der Waals surface area contributed by atoms with Crippen molar-refractivity contribution in [3.05, 3.63) is 77.9 Å². The molecule has 0 aromatic heterocycles. The summed E-state index contributed by atoms with van der Waals surface area (Å²) in [7, 11) is 1.64.